The lowest BCUT2D eigenvalue weighted by molar-refractivity contribution is -0.116. The van der Waals surface area contributed by atoms with Crippen LogP contribution in [-0.4, -0.2) is 18.0 Å². The molecule has 0 heterocycles. The van der Waals surface area contributed by atoms with E-state index in [1.165, 1.54) is 20.1 Å². The molecule has 3 nitrogen and oxygen atoms in total. The van der Waals surface area contributed by atoms with E-state index < -0.39 is 0 Å². The monoisotopic (exact) mass is 214 g/mol. The average molecular weight is 215 g/mol. The molecule has 1 aromatic carbocycles. The number of rotatable bonds is 3. The van der Waals surface area contributed by atoms with E-state index >= 15 is 0 Å². The Morgan fingerprint density at radius 2 is 2.21 bits per heavy atom. The molecule has 0 aliphatic rings. The predicted octanol–water partition coefficient (Wildman–Crippen LogP) is 2.19. The molecule has 0 saturated heterocycles. The summed E-state index contributed by atoms with van der Waals surface area (Å²) in [5, 5.41) is 9.76. The SMILES string of the molecule is COc1ccc(O)c(CC(C)=O)c1Cl. The van der Waals surface area contributed by atoms with E-state index in [1.807, 2.05) is 0 Å². The molecule has 0 unspecified atom stereocenters. The fraction of sp³-hybridized carbons (Fsp3) is 0.300. The van der Waals surface area contributed by atoms with Gasteiger partial charge in [0.2, 0.25) is 0 Å². The third-order valence-corrected chi connectivity index (χ3v) is 2.24. The van der Waals surface area contributed by atoms with Crippen LogP contribution in [-0.2, 0) is 11.2 Å². The summed E-state index contributed by atoms with van der Waals surface area (Å²) in [6.07, 6.45) is 0.113. The Kier molecular flexibility index (Phi) is 3.36. The summed E-state index contributed by atoms with van der Waals surface area (Å²) in [5.74, 6) is 0.419. The number of halogens is 1. The van der Waals surface area contributed by atoms with E-state index in [9.17, 15) is 9.90 Å². The van der Waals surface area contributed by atoms with Gasteiger partial charge in [-0.1, -0.05) is 11.6 Å². The molecule has 0 fully saturated rings. The van der Waals surface area contributed by atoms with Gasteiger partial charge in [-0.25, -0.2) is 0 Å². The van der Waals surface area contributed by atoms with Crippen LogP contribution in [0, 0.1) is 0 Å². The number of aromatic hydroxyl groups is 1. The van der Waals surface area contributed by atoms with Gasteiger partial charge in [0.25, 0.3) is 0 Å². The lowest BCUT2D eigenvalue weighted by atomic mass is 10.1. The van der Waals surface area contributed by atoms with Crippen molar-refractivity contribution >= 4 is 17.4 Å². The van der Waals surface area contributed by atoms with Crippen molar-refractivity contribution in [2.75, 3.05) is 7.11 Å². The molecule has 0 atom stereocenters. The highest BCUT2D eigenvalue weighted by molar-refractivity contribution is 6.33. The Hall–Kier alpha value is -1.22. The summed E-state index contributed by atoms with van der Waals surface area (Å²) in [7, 11) is 1.48. The molecule has 0 aromatic heterocycles. The maximum absolute atomic E-state index is 10.9. The molecule has 0 bridgehead atoms. The molecule has 1 rings (SSSR count). The minimum absolute atomic E-state index is 0.0194. The van der Waals surface area contributed by atoms with Gasteiger partial charge in [-0.2, -0.15) is 0 Å². The normalized spacial score (nSPS) is 9.93. The first kappa shape index (κ1) is 10.9. The highest BCUT2D eigenvalue weighted by atomic mass is 35.5. The largest absolute Gasteiger partial charge is 0.508 e. The summed E-state index contributed by atoms with van der Waals surface area (Å²) < 4.78 is 4.97. The Morgan fingerprint density at radius 3 is 2.71 bits per heavy atom. The van der Waals surface area contributed by atoms with Gasteiger partial charge < -0.3 is 9.84 Å². The van der Waals surface area contributed by atoms with Crippen LogP contribution in [0.2, 0.25) is 5.02 Å². The fourth-order valence-electron chi connectivity index (χ4n) is 1.16. The van der Waals surface area contributed by atoms with Crippen molar-refractivity contribution in [1.82, 2.24) is 0 Å². The van der Waals surface area contributed by atoms with Crippen LogP contribution in [0.5, 0.6) is 11.5 Å². The second-order valence-corrected chi connectivity index (χ2v) is 3.34. The van der Waals surface area contributed by atoms with Crippen molar-refractivity contribution in [3.8, 4) is 11.5 Å². The first-order chi connectivity index (χ1) is 6.56. The van der Waals surface area contributed by atoms with Crippen molar-refractivity contribution < 1.29 is 14.6 Å². The topological polar surface area (TPSA) is 46.5 Å². The molecule has 76 valence electrons. The van der Waals surface area contributed by atoms with Crippen molar-refractivity contribution in [3.63, 3.8) is 0 Å². The van der Waals surface area contributed by atoms with E-state index in [1.54, 1.807) is 6.07 Å². The minimum Gasteiger partial charge on any atom is -0.508 e. The number of benzene rings is 1. The lowest BCUT2D eigenvalue weighted by Gasteiger charge is -2.09. The molecule has 0 radical (unpaired) electrons. The number of Topliss-reactive ketones (excluding diaryl/α,β-unsaturated/α-hetero) is 1. The molecule has 0 aliphatic heterocycles. The fourth-order valence-corrected chi connectivity index (χ4v) is 1.47. The Morgan fingerprint density at radius 1 is 1.57 bits per heavy atom. The van der Waals surface area contributed by atoms with Crippen molar-refractivity contribution in [2.24, 2.45) is 0 Å². The number of carbonyl (C=O) groups excluding carboxylic acids is 1. The zero-order valence-corrected chi connectivity index (χ0v) is 8.76. The van der Waals surface area contributed by atoms with Crippen LogP contribution in [0.4, 0.5) is 0 Å². The number of ketones is 1. The standard InChI is InChI=1S/C10H11ClO3/c1-6(12)5-7-8(13)3-4-9(14-2)10(7)11/h3-4,13H,5H2,1-2H3. The first-order valence-electron chi connectivity index (χ1n) is 4.10. The molecular weight excluding hydrogens is 204 g/mol. The molecule has 0 amide bonds. The highest BCUT2D eigenvalue weighted by Crippen LogP contribution is 2.34. The van der Waals surface area contributed by atoms with Crippen molar-refractivity contribution in [2.45, 2.75) is 13.3 Å². The van der Waals surface area contributed by atoms with E-state index in [4.69, 9.17) is 16.3 Å². The number of hydrogen-bond donors (Lipinski definition) is 1. The van der Waals surface area contributed by atoms with E-state index in [0.29, 0.717) is 16.3 Å². The summed E-state index contributed by atoms with van der Waals surface area (Å²) in [4.78, 5) is 10.9. The van der Waals surface area contributed by atoms with Crippen LogP contribution in [0.15, 0.2) is 12.1 Å². The number of ether oxygens (including phenoxy) is 1. The summed E-state index contributed by atoms with van der Waals surface area (Å²) in [6, 6.07) is 3.02. The van der Waals surface area contributed by atoms with E-state index in [0.717, 1.165) is 0 Å². The Bertz CT molecular complexity index is 361. The predicted molar refractivity (Wildman–Crippen MR) is 54.1 cm³/mol. The van der Waals surface area contributed by atoms with Gasteiger partial charge in [0.15, 0.2) is 0 Å². The van der Waals surface area contributed by atoms with E-state index in [-0.39, 0.29) is 18.0 Å². The second kappa shape index (κ2) is 4.33. The highest BCUT2D eigenvalue weighted by Gasteiger charge is 2.13. The zero-order chi connectivity index (χ0) is 10.7. The van der Waals surface area contributed by atoms with Gasteiger partial charge in [0, 0.05) is 12.0 Å². The first-order valence-corrected chi connectivity index (χ1v) is 4.47. The Balaban J connectivity index is 3.18. The number of carbonyl (C=O) groups is 1. The molecule has 1 N–H and O–H groups in total. The molecule has 0 aliphatic carbocycles. The zero-order valence-electron chi connectivity index (χ0n) is 8.00. The third-order valence-electron chi connectivity index (χ3n) is 1.83. The minimum atomic E-state index is -0.0598. The van der Waals surface area contributed by atoms with Crippen molar-refractivity contribution in [1.29, 1.82) is 0 Å². The van der Waals surface area contributed by atoms with Crippen LogP contribution < -0.4 is 4.74 Å². The molecule has 4 heteroatoms. The summed E-state index contributed by atoms with van der Waals surface area (Å²) >= 11 is 5.92. The van der Waals surface area contributed by atoms with Gasteiger partial charge in [0.05, 0.1) is 12.1 Å². The molecule has 1 aromatic rings. The summed E-state index contributed by atoms with van der Waals surface area (Å²) in [6.45, 7) is 1.44. The van der Waals surface area contributed by atoms with Gasteiger partial charge in [0.1, 0.15) is 17.3 Å². The Labute approximate surface area is 87.3 Å². The number of hydrogen-bond acceptors (Lipinski definition) is 3. The quantitative estimate of drug-likeness (QED) is 0.839. The third kappa shape index (κ3) is 2.17. The number of phenolic OH excluding ortho intramolecular Hbond substituents is 1. The van der Waals surface area contributed by atoms with Crippen LogP contribution in [0.3, 0.4) is 0 Å². The molecule has 0 saturated carbocycles. The summed E-state index contributed by atoms with van der Waals surface area (Å²) in [5.41, 5.74) is 0.415. The molecule has 14 heavy (non-hydrogen) atoms. The molecular formula is C10H11ClO3. The van der Waals surface area contributed by atoms with Crippen LogP contribution in [0.1, 0.15) is 12.5 Å². The van der Waals surface area contributed by atoms with Crippen LogP contribution >= 0.6 is 11.6 Å². The smallest absolute Gasteiger partial charge is 0.138 e. The average Bonchev–Trinajstić information content (AvgIpc) is 2.12. The van der Waals surface area contributed by atoms with Gasteiger partial charge in [-0.3, -0.25) is 4.79 Å². The van der Waals surface area contributed by atoms with Gasteiger partial charge in [-0.15, -0.1) is 0 Å². The maximum atomic E-state index is 10.9. The number of phenols is 1. The van der Waals surface area contributed by atoms with Crippen molar-refractivity contribution in [3.05, 3.63) is 22.7 Å². The maximum Gasteiger partial charge on any atom is 0.138 e. The lowest BCUT2D eigenvalue weighted by Crippen LogP contribution is -1.99. The van der Waals surface area contributed by atoms with Gasteiger partial charge in [-0.05, 0) is 19.1 Å². The second-order valence-electron chi connectivity index (χ2n) is 2.96. The number of methoxy groups -OCH3 is 1. The van der Waals surface area contributed by atoms with E-state index in [2.05, 4.69) is 0 Å². The van der Waals surface area contributed by atoms with Crippen LogP contribution in [0.25, 0.3) is 0 Å². The van der Waals surface area contributed by atoms with Gasteiger partial charge >= 0.3 is 0 Å². The molecule has 0 spiro atoms.